The van der Waals surface area contributed by atoms with Crippen LogP contribution in [0, 0.1) is 10.1 Å². The lowest BCUT2D eigenvalue weighted by Crippen LogP contribution is -2.40. The number of hydrogen-bond donors (Lipinski definition) is 2. The molecule has 1 atom stereocenters. The van der Waals surface area contributed by atoms with E-state index in [2.05, 4.69) is 10.4 Å². The molecule has 0 aliphatic carbocycles. The zero-order valence-electron chi connectivity index (χ0n) is 13.9. The van der Waals surface area contributed by atoms with E-state index in [0.717, 1.165) is 12.3 Å². The third-order valence-corrected chi connectivity index (χ3v) is 4.33. The molecule has 3 amide bonds. The Hall–Kier alpha value is -3.46. The highest BCUT2D eigenvalue weighted by molar-refractivity contribution is 6.31. The summed E-state index contributed by atoms with van der Waals surface area (Å²) in [5.74, 6) is -1.31. The predicted molar refractivity (Wildman–Crippen MR) is 96.5 cm³/mol. The molecular formula is C17H13ClN4O5. The van der Waals surface area contributed by atoms with Crippen LogP contribution in [0.15, 0.2) is 47.6 Å². The van der Waals surface area contributed by atoms with E-state index in [-0.39, 0.29) is 10.6 Å². The Balaban J connectivity index is 1.94. The van der Waals surface area contributed by atoms with Crippen LogP contribution in [0.4, 0.5) is 10.5 Å². The molecule has 0 radical (unpaired) electrons. The fourth-order valence-electron chi connectivity index (χ4n) is 2.66. The van der Waals surface area contributed by atoms with Gasteiger partial charge in [0.05, 0.1) is 11.1 Å². The van der Waals surface area contributed by atoms with Gasteiger partial charge in [-0.2, -0.15) is 5.10 Å². The van der Waals surface area contributed by atoms with Crippen molar-refractivity contribution in [3.63, 3.8) is 0 Å². The molecule has 10 heteroatoms. The first-order valence-corrected chi connectivity index (χ1v) is 8.05. The summed E-state index contributed by atoms with van der Waals surface area (Å²) in [4.78, 5) is 35.1. The lowest BCUT2D eigenvalue weighted by Gasteiger charge is -2.20. The maximum atomic E-state index is 12.7. The van der Waals surface area contributed by atoms with Gasteiger partial charge in [0.2, 0.25) is 5.75 Å². The average molecular weight is 389 g/mol. The maximum absolute atomic E-state index is 12.7. The molecule has 1 aliphatic heterocycles. The van der Waals surface area contributed by atoms with Crippen LogP contribution in [0.2, 0.25) is 5.02 Å². The fourth-order valence-corrected chi connectivity index (χ4v) is 2.88. The highest BCUT2D eigenvalue weighted by atomic mass is 35.5. The number of carbonyl (C=O) groups excluding carboxylic acids is 2. The lowest BCUT2D eigenvalue weighted by atomic mass is 9.92. The quantitative estimate of drug-likeness (QED) is 0.360. The number of rotatable bonds is 4. The Morgan fingerprint density at radius 2 is 1.96 bits per heavy atom. The van der Waals surface area contributed by atoms with E-state index in [4.69, 9.17) is 11.6 Å². The summed E-state index contributed by atoms with van der Waals surface area (Å²) in [6.07, 6.45) is 0.961. The highest BCUT2D eigenvalue weighted by Gasteiger charge is 2.49. The van der Waals surface area contributed by atoms with Crippen LogP contribution in [0.1, 0.15) is 18.1 Å². The van der Waals surface area contributed by atoms with E-state index in [1.54, 1.807) is 37.3 Å². The molecule has 2 aromatic carbocycles. The van der Waals surface area contributed by atoms with Gasteiger partial charge in [-0.1, -0.05) is 41.9 Å². The molecule has 1 aliphatic rings. The first-order valence-electron chi connectivity index (χ1n) is 7.67. The van der Waals surface area contributed by atoms with E-state index in [1.807, 2.05) is 0 Å². The molecule has 1 saturated heterocycles. The van der Waals surface area contributed by atoms with Crippen LogP contribution in [-0.2, 0) is 10.3 Å². The normalized spacial score (nSPS) is 19.6. The Kier molecular flexibility index (Phi) is 4.54. The Morgan fingerprint density at radius 1 is 1.30 bits per heavy atom. The number of phenolic OH excluding ortho intramolecular Hbond substituents is 1. The predicted octanol–water partition coefficient (Wildman–Crippen LogP) is 2.75. The van der Waals surface area contributed by atoms with Crippen molar-refractivity contribution in [3.8, 4) is 5.75 Å². The van der Waals surface area contributed by atoms with Gasteiger partial charge in [0, 0.05) is 16.7 Å². The lowest BCUT2D eigenvalue weighted by molar-refractivity contribution is -0.385. The number of phenols is 1. The first-order chi connectivity index (χ1) is 12.7. The minimum absolute atomic E-state index is 0.00715. The van der Waals surface area contributed by atoms with Crippen molar-refractivity contribution in [1.82, 2.24) is 10.3 Å². The van der Waals surface area contributed by atoms with Crippen molar-refractivity contribution in [1.29, 1.82) is 0 Å². The number of hydrazone groups is 1. The van der Waals surface area contributed by atoms with Gasteiger partial charge in [-0.25, -0.2) is 4.79 Å². The summed E-state index contributed by atoms with van der Waals surface area (Å²) in [6, 6.07) is 10.1. The number of amides is 3. The summed E-state index contributed by atoms with van der Waals surface area (Å²) in [6.45, 7) is 1.54. The number of carbonyl (C=O) groups is 2. The van der Waals surface area contributed by atoms with Gasteiger partial charge in [0.25, 0.3) is 5.91 Å². The Morgan fingerprint density at radius 3 is 2.59 bits per heavy atom. The van der Waals surface area contributed by atoms with E-state index in [9.17, 15) is 24.8 Å². The standard InChI is InChI=1S/C17H13ClN4O5/c1-17(11-5-3-2-4-6-11)15(24)21(16(25)20-17)19-9-10-7-12(18)8-13(14(10)23)22(26)27/h2-9,23H,1H3,(H,20,25)/b19-9-/t17-/m1/s1. The van der Waals surface area contributed by atoms with Gasteiger partial charge < -0.3 is 10.4 Å². The van der Waals surface area contributed by atoms with Crippen LogP contribution in [-0.4, -0.2) is 33.2 Å². The third-order valence-electron chi connectivity index (χ3n) is 4.11. The summed E-state index contributed by atoms with van der Waals surface area (Å²) in [5, 5.41) is 27.9. The second-order valence-electron chi connectivity index (χ2n) is 5.90. The maximum Gasteiger partial charge on any atom is 0.346 e. The first kappa shape index (κ1) is 18.3. The SMILES string of the molecule is C[C@]1(c2ccccc2)NC(=O)N(/N=C\c2cc(Cl)cc([N+](=O)[O-])c2O)C1=O. The van der Waals surface area contributed by atoms with Crippen LogP contribution in [0.5, 0.6) is 5.75 Å². The second-order valence-corrected chi connectivity index (χ2v) is 6.34. The largest absolute Gasteiger partial charge is 0.502 e. The van der Waals surface area contributed by atoms with Crippen LogP contribution in [0.25, 0.3) is 0 Å². The molecule has 0 saturated carbocycles. The van der Waals surface area contributed by atoms with Gasteiger partial charge in [0.15, 0.2) is 0 Å². The zero-order valence-corrected chi connectivity index (χ0v) is 14.7. The molecule has 3 rings (SSSR count). The zero-order chi connectivity index (χ0) is 19.8. The summed E-state index contributed by atoms with van der Waals surface area (Å²) in [7, 11) is 0. The minimum Gasteiger partial charge on any atom is -0.502 e. The number of nitrogens with zero attached hydrogens (tertiary/aromatic N) is 3. The number of aromatic hydroxyl groups is 1. The van der Waals surface area contributed by atoms with E-state index < -0.39 is 33.8 Å². The molecule has 27 heavy (non-hydrogen) atoms. The molecular weight excluding hydrogens is 376 g/mol. The Bertz CT molecular complexity index is 979. The van der Waals surface area contributed by atoms with Gasteiger partial charge in [0.1, 0.15) is 5.54 Å². The van der Waals surface area contributed by atoms with Crippen molar-refractivity contribution in [3.05, 3.63) is 68.7 Å². The average Bonchev–Trinajstić information content (AvgIpc) is 2.86. The number of benzene rings is 2. The molecule has 0 aromatic heterocycles. The minimum atomic E-state index is -1.31. The molecule has 0 spiro atoms. The van der Waals surface area contributed by atoms with Gasteiger partial charge >= 0.3 is 11.7 Å². The second kappa shape index (κ2) is 6.69. The number of hydrogen-bond acceptors (Lipinski definition) is 6. The summed E-state index contributed by atoms with van der Waals surface area (Å²) in [5.41, 5.74) is -1.46. The van der Waals surface area contributed by atoms with E-state index >= 15 is 0 Å². The highest BCUT2D eigenvalue weighted by Crippen LogP contribution is 2.33. The molecule has 138 valence electrons. The number of imide groups is 1. The van der Waals surface area contributed by atoms with Gasteiger partial charge in [-0.05, 0) is 18.6 Å². The molecule has 1 heterocycles. The van der Waals surface area contributed by atoms with Crippen molar-refractivity contribution in [2.45, 2.75) is 12.5 Å². The van der Waals surface area contributed by atoms with E-state index in [0.29, 0.717) is 10.6 Å². The van der Waals surface area contributed by atoms with Crippen LogP contribution in [0.3, 0.4) is 0 Å². The molecule has 0 unspecified atom stereocenters. The smallest absolute Gasteiger partial charge is 0.346 e. The summed E-state index contributed by atoms with van der Waals surface area (Å²) >= 11 is 5.81. The third kappa shape index (κ3) is 3.20. The molecule has 9 nitrogen and oxygen atoms in total. The van der Waals surface area contributed by atoms with Crippen molar-refractivity contribution in [2.75, 3.05) is 0 Å². The monoisotopic (exact) mass is 388 g/mol. The molecule has 2 N–H and O–H groups in total. The Labute approximate surface area is 158 Å². The van der Waals surface area contributed by atoms with Crippen LogP contribution >= 0.6 is 11.6 Å². The van der Waals surface area contributed by atoms with Gasteiger partial charge in [-0.3, -0.25) is 14.9 Å². The van der Waals surface area contributed by atoms with Crippen molar-refractivity contribution >= 4 is 35.4 Å². The van der Waals surface area contributed by atoms with Gasteiger partial charge in [-0.15, -0.1) is 5.01 Å². The number of nitro benzene ring substituents is 1. The molecule has 1 fully saturated rings. The number of urea groups is 1. The number of nitrogens with one attached hydrogen (secondary N) is 1. The van der Waals surface area contributed by atoms with Crippen LogP contribution < -0.4 is 5.32 Å². The number of nitro groups is 1. The number of halogens is 1. The summed E-state index contributed by atoms with van der Waals surface area (Å²) < 4.78 is 0. The topological polar surface area (TPSA) is 125 Å². The van der Waals surface area contributed by atoms with E-state index in [1.165, 1.54) is 6.07 Å². The van der Waals surface area contributed by atoms with Crippen molar-refractivity contribution < 1.29 is 19.6 Å². The molecule has 0 bridgehead atoms. The molecule has 2 aromatic rings. The van der Waals surface area contributed by atoms with Crippen molar-refractivity contribution in [2.24, 2.45) is 5.10 Å². The fraction of sp³-hybridized carbons (Fsp3) is 0.118.